The van der Waals surface area contributed by atoms with Crippen LogP contribution in [-0.2, 0) is 22.4 Å². The molecule has 1 aliphatic carbocycles. The molecule has 0 saturated carbocycles. The van der Waals surface area contributed by atoms with E-state index < -0.39 is 17.9 Å². The van der Waals surface area contributed by atoms with E-state index >= 15 is 0 Å². The van der Waals surface area contributed by atoms with Crippen LogP contribution in [-0.4, -0.2) is 52.7 Å². The van der Waals surface area contributed by atoms with Crippen molar-refractivity contribution in [1.82, 2.24) is 9.88 Å². The van der Waals surface area contributed by atoms with E-state index in [1.807, 2.05) is 0 Å². The molecule has 1 fully saturated rings. The zero-order valence-corrected chi connectivity index (χ0v) is 14.4. The van der Waals surface area contributed by atoms with E-state index in [1.54, 1.807) is 13.2 Å². The number of likely N-dealkylation sites (tertiary alicyclic amines) is 1. The van der Waals surface area contributed by atoms with Crippen LogP contribution in [0.1, 0.15) is 53.7 Å². The van der Waals surface area contributed by atoms with E-state index in [0.29, 0.717) is 13.0 Å². The van der Waals surface area contributed by atoms with E-state index in [2.05, 4.69) is 4.98 Å². The number of aliphatic carboxylic acids is 1. The maximum Gasteiger partial charge on any atom is 0.305 e. The van der Waals surface area contributed by atoms with Crippen LogP contribution in [0.4, 0.5) is 0 Å². The van der Waals surface area contributed by atoms with Crippen molar-refractivity contribution in [3.63, 3.8) is 0 Å². The average Bonchev–Trinajstić information content (AvgIpc) is 2.83. The van der Waals surface area contributed by atoms with Crippen LogP contribution in [0.2, 0.25) is 0 Å². The minimum absolute atomic E-state index is 0.104. The number of hydrogen-bond acceptors (Lipinski definition) is 4. The second-order valence-corrected chi connectivity index (χ2v) is 6.88. The molecule has 2 heterocycles. The summed E-state index contributed by atoms with van der Waals surface area (Å²) in [5, 5.41) is 9.10. The predicted molar refractivity (Wildman–Crippen MR) is 90.8 cm³/mol. The number of nitrogens with zero attached hydrogens (tertiary/aromatic N) is 1. The summed E-state index contributed by atoms with van der Waals surface area (Å²) in [5.41, 5.74) is 1.67. The molecule has 0 spiro atoms. The van der Waals surface area contributed by atoms with Crippen LogP contribution in [0.25, 0.3) is 0 Å². The second kappa shape index (κ2) is 7.39. The molecule has 0 bridgehead atoms. The summed E-state index contributed by atoms with van der Waals surface area (Å²) >= 11 is 0. The number of hydrogen-bond donors (Lipinski definition) is 2. The Hall–Kier alpha value is -2.15. The minimum Gasteiger partial charge on any atom is -0.481 e. The third-order valence-electron chi connectivity index (χ3n) is 5.20. The number of carbonyl (C=O) groups excluding carboxylic acids is 1. The molecule has 2 N–H and O–H groups in total. The molecule has 2 atom stereocenters. The number of aromatic nitrogens is 1. The van der Waals surface area contributed by atoms with Crippen LogP contribution in [0.3, 0.4) is 0 Å². The largest absolute Gasteiger partial charge is 0.481 e. The van der Waals surface area contributed by atoms with Crippen molar-refractivity contribution in [3.05, 3.63) is 33.2 Å². The van der Waals surface area contributed by atoms with Gasteiger partial charge >= 0.3 is 5.97 Å². The number of nitrogens with one attached hydrogen (secondary N) is 1. The van der Waals surface area contributed by atoms with Gasteiger partial charge in [0, 0.05) is 25.4 Å². The number of methoxy groups -OCH3 is 1. The number of pyridine rings is 1. The van der Waals surface area contributed by atoms with Crippen LogP contribution in [0.5, 0.6) is 0 Å². The van der Waals surface area contributed by atoms with Crippen molar-refractivity contribution in [3.8, 4) is 0 Å². The van der Waals surface area contributed by atoms with Crippen molar-refractivity contribution < 1.29 is 19.4 Å². The Bertz CT molecular complexity index is 727. The molecule has 2 aliphatic rings. The van der Waals surface area contributed by atoms with E-state index in [4.69, 9.17) is 9.84 Å². The number of carboxylic acids is 1. The maximum atomic E-state index is 13.0. The SMILES string of the molecule is CO[C@H]1C[C@H](CC(=O)O)N(C(=O)c2cc3c([nH]c2=O)CCCCC3)C1. The molecular formula is C18H24N2O5. The van der Waals surface area contributed by atoms with Crippen LogP contribution in [0.15, 0.2) is 10.9 Å². The van der Waals surface area contributed by atoms with Gasteiger partial charge in [0.1, 0.15) is 5.56 Å². The summed E-state index contributed by atoms with van der Waals surface area (Å²) in [4.78, 5) is 40.8. The lowest BCUT2D eigenvalue weighted by atomic mass is 10.0. The maximum absolute atomic E-state index is 13.0. The molecule has 1 aromatic rings. The zero-order valence-electron chi connectivity index (χ0n) is 14.4. The number of carboxylic acid groups (broad SMARTS) is 1. The van der Waals surface area contributed by atoms with Gasteiger partial charge in [0.2, 0.25) is 0 Å². The third kappa shape index (κ3) is 3.76. The number of fused-ring (bicyclic) bond motifs is 1. The van der Waals surface area contributed by atoms with E-state index in [1.165, 1.54) is 4.90 Å². The molecule has 0 aromatic carbocycles. The third-order valence-corrected chi connectivity index (χ3v) is 5.20. The van der Waals surface area contributed by atoms with Gasteiger partial charge in [-0.3, -0.25) is 14.4 Å². The highest BCUT2D eigenvalue weighted by molar-refractivity contribution is 5.94. The van der Waals surface area contributed by atoms with Gasteiger partial charge in [-0.05, 0) is 43.7 Å². The molecule has 1 amide bonds. The van der Waals surface area contributed by atoms with Gasteiger partial charge in [-0.1, -0.05) is 6.42 Å². The first-order valence-corrected chi connectivity index (χ1v) is 8.80. The summed E-state index contributed by atoms with van der Waals surface area (Å²) in [6.07, 6.45) is 5.01. The topological polar surface area (TPSA) is 99.7 Å². The Morgan fingerprint density at radius 1 is 1.32 bits per heavy atom. The van der Waals surface area contributed by atoms with Crippen molar-refractivity contribution in [2.75, 3.05) is 13.7 Å². The minimum atomic E-state index is -0.963. The van der Waals surface area contributed by atoms with Gasteiger partial charge in [-0.2, -0.15) is 0 Å². The van der Waals surface area contributed by atoms with Gasteiger partial charge in [-0.25, -0.2) is 0 Å². The fourth-order valence-corrected chi connectivity index (χ4v) is 3.85. The fourth-order valence-electron chi connectivity index (χ4n) is 3.85. The first-order chi connectivity index (χ1) is 12.0. The first kappa shape index (κ1) is 17.7. The monoisotopic (exact) mass is 348 g/mol. The summed E-state index contributed by atoms with van der Waals surface area (Å²) < 4.78 is 5.30. The standard InChI is InChI=1S/C18H24N2O5/c1-25-13-8-12(9-16(21)22)20(10-13)18(24)14-7-11-5-3-2-4-6-15(11)19-17(14)23/h7,12-13H,2-6,8-10H2,1H3,(H,19,23)(H,21,22)/t12-,13+/m1/s1. The molecule has 0 radical (unpaired) electrons. The Morgan fingerprint density at radius 3 is 2.80 bits per heavy atom. The lowest BCUT2D eigenvalue weighted by Gasteiger charge is -2.23. The van der Waals surface area contributed by atoms with Crippen LogP contribution >= 0.6 is 0 Å². The number of H-pyrrole nitrogens is 1. The molecule has 7 nitrogen and oxygen atoms in total. The number of carbonyl (C=O) groups is 2. The normalized spacial score (nSPS) is 23.2. The van der Waals surface area contributed by atoms with Crippen LogP contribution < -0.4 is 5.56 Å². The Morgan fingerprint density at radius 2 is 2.08 bits per heavy atom. The van der Waals surface area contributed by atoms with Gasteiger partial charge in [0.25, 0.3) is 11.5 Å². The highest BCUT2D eigenvalue weighted by Crippen LogP contribution is 2.25. The number of ether oxygens (including phenoxy) is 1. The van der Waals surface area contributed by atoms with Gasteiger partial charge in [0.05, 0.1) is 12.5 Å². The van der Waals surface area contributed by atoms with Crippen molar-refractivity contribution in [1.29, 1.82) is 0 Å². The molecule has 0 unspecified atom stereocenters. The number of amides is 1. The molecule has 136 valence electrons. The Kier molecular flexibility index (Phi) is 5.22. The molecule has 1 aliphatic heterocycles. The van der Waals surface area contributed by atoms with Gasteiger partial charge in [-0.15, -0.1) is 0 Å². The lowest BCUT2D eigenvalue weighted by molar-refractivity contribution is -0.137. The zero-order chi connectivity index (χ0) is 18.0. The summed E-state index contributed by atoms with van der Waals surface area (Å²) in [5.74, 6) is -1.37. The molecular weight excluding hydrogens is 324 g/mol. The molecule has 7 heteroatoms. The highest BCUT2D eigenvalue weighted by Gasteiger charge is 2.37. The van der Waals surface area contributed by atoms with Crippen molar-refractivity contribution in [2.24, 2.45) is 0 Å². The average molecular weight is 348 g/mol. The van der Waals surface area contributed by atoms with E-state index in [9.17, 15) is 14.4 Å². The smallest absolute Gasteiger partial charge is 0.305 e. The predicted octanol–water partition coefficient (Wildman–Crippen LogP) is 1.35. The summed E-state index contributed by atoms with van der Waals surface area (Å²) in [7, 11) is 1.55. The number of aromatic amines is 1. The molecule has 25 heavy (non-hydrogen) atoms. The molecule has 1 saturated heterocycles. The van der Waals surface area contributed by atoms with Gasteiger partial charge < -0.3 is 19.7 Å². The molecule has 3 rings (SSSR count). The van der Waals surface area contributed by atoms with Crippen molar-refractivity contribution >= 4 is 11.9 Å². The quantitative estimate of drug-likeness (QED) is 0.800. The summed E-state index contributed by atoms with van der Waals surface area (Å²) in [6.45, 7) is 0.309. The number of rotatable bonds is 4. The fraction of sp³-hybridized carbons (Fsp3) is 0.611. The molecule has 1 aromatic heterocycles. The Labute approximate surface area is 146 Å². The Balaban J connectivity index is 1.90. The summed E-state index contributed by atoms with van der Waals surface area (Å²) in [6, 6.07) is 1.26. The first-order valence-electron chi connectivity index (χ1n) is 8.80. The highest BCUT2D eigenvalue weighted by atomic mass is 16.5. The van der Waals surface area contributed by atoms with Gasteiger partial charge in [0.15, 0.2) is 0 Å². The lowest BCUT2D eigenvalue weighted by Crippen LogP contribution is -2.40. The van der Waals surface area contributed by atoms with Crippen LogP contribution in [0, 0.1) is 0 Å². The second-order valence-electron chi connectivity index (χ2n) is 6.88. The van der Waals surface area contributed by atoms with Crippen molar-refractivity contribution in [2.45, 2.75) is 57.1 Å². The number of aryl methyl sites for hydroxylation is 2. The van der Waals surface area contributed by atoms with E-state index in [-0.39, 0.29) is 23.6 Å². The van der Waals surface area contributed by atoms with E-state index in [0.717, 1.165) is 43.4 Å².